The van der Waals surface area contributed by atoms with Crippen molar-refractivity contribution in [2.45, 2.75) is 34.1 Å². The van der Waals surface area contributed by atoms with Crippen molar-refractivity contribution in [2.75, 3.05) is 0 Å². The maximum atomic E-state index is 4.32. The molecule has 0 aromatic rings. The summed E-state index contributed by atoms with van der Waals surface area (Å²) in [6.45, 7) is 8.34. The molecule has 1 heteroatoms. The van der Waals surface area contributed by atoms with E-state index >= 15 is 0 Å². The van der Waals surface area contributed by atoms with Crippen molar-refractivity contribution in [1.29, 1.82) is 0 Å². The quantitative estimate of drug-likeness (QED) is 0.446. The second-order valence-electron chi connectivity index (χ2n) is 2.81. The molecule has 0 amide bonds. The van der Waals surface area contributed by atoms with Crippen molar-refractivity contribution in [2.24, 2.45) is 10.9 Å². The van der Waals surface area contributed by atoms with Crippen LogP contribution in [0, 0.1) is 5.92 Å². The maximum Gasteiger partial charge on any atom is 0.0427 e. The van der Waals surface area contributed by atoms with Gasteiger partial charge in [0.2, 0.25) is 0 Å². The van der Waals surface area contributed by atoms with E-state index in [-0.39, 0.29) is 0 Å². The van der Waals surface area contributed by atoms with Crippen molar-refractivity contribution in [1.82, 2.24) is 0 Å². The molecule has 1 unspecified atom stereocenters. The minimum atomic E-state index is 0.553. The summed E-state index contributed by atoms with van der Waals surface area (Å²) < 4.78 is 0. The van der Waals surface area contributed by atoms with E-state index in [0.29, 0.717) is 5.92 Å². The van der Waals surface area contributed by atoms with Gasteiger partial charge in [0, 0.05) is 11.9 Å². The van der Waals surface area contributed by atoms with Crippen LogP contribution >= 0.6 is 0 Å². The predicted octanol–water partition coefficient (Wildman–Crippen LogP) is 3.58. The first kappa shape index (κ1) is 11.2. The van der Waals surface area contributed by atoms with E-state index in [1.54, 1.807) is 0 Å². The van der Waals surface area contributed by atoms with Crippen LogP contribution in [0.2, 0.25) is 0 Å². The van der Waals surface area contributed by atoms with Gasteiger partial charge in [-0.05, 0) is 32.3 Å². The molecule has 1 atom stereocenters. The van der Waals surface area contributed by atoms with Crippen molar-refractivity contribution < 1.29 is 0 Å². The lowest BCUT2D eigenvalue weighted by Gasteiger charge is -2.07. The molecule has 0 radical (unpaired) electrons. The van der Waals surface area contributed by atoms with Gasteiger partial charge in [-0.25, -0.2) is 0 Å². The largest absolute Gasteiger partial charge is 0.266 e. The lowest BCUT2D eigenvalue weighted by Crippen LogP contribution is -1.94. The molecule has 0 aliphatic heterocycles. The summed E-state index contributed by atoms with van der Waals surface area (Å²) in [5.74, 6) is 0.553. The third kappa shape index (κ3) is 4.12. The summed E-state index contributed by atoms with van der Waals surface area (Å²) in [5.41, 5.74) is 1.16. The van der Waals surface area contributed by atoms with E-state index in [0.717, 1.165) is 12.1 Å². The number of hydrogen-bond acceptors (Lipinski definition) is 1. The van der Waals surface area contributed by atoms with Crippen LogP contribution in [0.15, 0.2) is 28.9 Å². The second-order valence-corrected chi connectivity index (χ2v) is 2.81. The molecule has 0 rings (SSSR count). The van der Waals surface area contributed by atoms with E-state index < -0.39 is 0 Å². The molecule has 0 saturated carbocycles. The van der Waals surface area contributed by atoms with Gasteiger partial charge in [0.1, 0.15) is 0 Å². The zero-order valence-electron chi connectivity index (χ0n) is 8.54. The van der Waals surface area contributed by atoms with Crippen LogP contribution in [-0.2, 0) is 0 Å². The Hall–Kier alpha value is -0.850. The zero-order valence-corrected chi connectivity index (χ0v) is 8.54. The second kappa shape index (κ2) is 6.84. The summed E-state index contributed by atoms with van der Waals surface area (Å²) in [7, 11) is 0. The fourth-order valence-corrected chi connectivity index (χ4v) is 0.888. The van der Waals surface area contributed by atoms with Gasteiger partial charge in [0.05, 0.1) is 0 Å². The Bertz CT molecular complexity index is 187. The van der Waals surface area contributed by atoms with Crippen LogP contribution in [0.4, 0.5) is 0 Å². The third-order valence-corrected chi connectivity index (χ3v) is 1.85. The molecule has 68 valence electrons. The molecule has 0 aromatic heterocycles. The smallest absolute Gasteiger partial charge is 0.0427 e. The van der Waals surface area contributed by atoms with Crippen molar-refractivity contribution in [3.05, 3.63) is 23.9 Å². The Balaban J connectivity index is 4.41. The zero-order chi connectivity index (χ0) is 9.40. The highest BCUT2D eigenvalue weighted by Gasteiger charge is 2.02. The van der Waals surface area contributed by atoms with E-state index in [1.165, 1.54) is 0 Å². The molecule has 0 aliphatic carbocycles. The molecule has 0 aromatic carbocycles. The van der Waals surface area contributed by atoms with Gasteiger partial charge in [-0.15, -0.1) is 0 Å². The minimum Gasteiger partial charge on any atom is -0.266 e. The SMILES string of the molecule is C\C=C/C=C(\N=C/C)C(C)CC. The Kier molecular flexibility index (Phi) is 6.35. The summed E-state index contributed by atoms with van der Waals surface area (Å²) in [6, 6.07) is 0. The number of rotatable bonds is 4. The molecular formula is C11H19N. The lowest BCUT2D eigenvalue weighted by molar-refractivity contribution is 0.649. The molecule has 12 heavy (non-hydrogen) atoms. The molecule has 0 heterocycles. The monoisotopic (exact) mass is 165 g/mol. The molecule has 0 saturated heterocycles. The number of hydrogen-bond donors (Lipinski definition) is 0. The summed E-state index contributed by atoms with van der Waals surface area (Å²) in [5, 5.41) is 0. The number of aliphatic imine (C=N–C) groups is 1. The Morgan fingerprint density at radius 3 is 2.50 bits per heavy atom. The first-order valence-corrected chi connectivity index (χ1v) is 4.57. The fourth-order valence-electron chi connectivity index (χ4n) is 0.888. The van der Waals surface area contributed by atoms with Crippen LogP contribution in [0.1, 0.15) is 34.1 Å². The van der Waals surface area contributed by atoms with Gasteiger partial charge < -0.3 is 0 Å². The van der Waals surface area contributed by atoms with Gasteiger partial charge in [-0.1, -0.05) is 26.0 Å². The summed E-state index contributed by atoms with van der Waals surface area (Å²) in [6.07, 6.45) is 9.12. The Labute approximate surface area is 75.9 Å². The van der Waals surface area contributed by atoms with E-state index in [2.05, 4.69) is 24.9 Å². The normalized spacial score (nSPS) is 16.2. The predicted molar refractivity (Wildman–Crippen MR) is 56.5 cm³/mol. The Morgan fingerprint density at radius 2 is 2.08 bits per heavy atom. The van der Waals surface area contributed by atoms with Crippen molar-refractivity contribution in [3.63, 3.8) is 0 Å². The first-order chi connectivity index (χ1) is 5.76. The Morgan fingerprint density at radius 1 is 1.42 bits per heavy atom. The standard InChI is InChI=1S/C11H19N/c1-5-8-9-11(12-7-3)10(4)6-2/h5,7-10H,6H2,1-4H3/b8-5-,11-9-,12-7-. The van der Waals surface area contributed by atoms with Gasteiger partial charge in [-0.2, -0.15) is 0 Å². The van der Waals surface area contributed by atoms with Gasteiger partial charge in [-0.3, -0.25) is 4.99 Å². The third-order valence-electron chi connectivity index (χ3n) is 1.85. The van der Waals surface area contributed by atoms with E-state index in [9.17, 15) is 0 Å². The molecule has 0 fully saturated rings. The maximum absolute atomic E-state index is 4.32. The van der Waals surface area contributed by atoms with E-state index in [4.69, 9.17) is 0 Å². The highest BCUT2D eigenvalue weighted by atomic mass is 14.7. The molecule has 0 N–H and O–H groups in total. The average Bonchev–Trinajstić information content (AvgIpc) is 2.11. The van der Waals surface area contributed by atoms with Crippen LogP contribution in [-0.4, -0.2) is 6.21 Å². The van der Waals surface area contributed by atoms with Crippen LogP contribution < -0.4 is 0 Å². The number of nitrogens with zero attached hydrogens (tertiary/aromatic N) is 1. The lowest BCUT2D eigenvalue weighted by atomic mass is 10.1. The van der Waals surface area contributed by atoms with E-state index in [1.807, 2.05) is 32.2 Å². The molecule has 0 spiro atoms. The highest BCUT2D eigenvalue weighted by molar-refractivity contribution is 5.55. The van der Waals surface area contributed by atoms with Gasteiger partial charge in [0.25, 0.3) is 0 Å². The minimum absolute atomic E-state index is 0.553. The molecular weight excluding hydrogens is 146 g/mol. The molecule has 0 bridgehead atoms. The van der Waals surface area contributed by atoms with Gasteiger partial charge in [0.15, 0.2) is 0 Å². The van der Waals surface area contributed by atoms with Crippen molar-refractivity contribution >= 4 is 6.21 Å². The number of allylic oxidation sites excluding steroid dienone is 4. The molecule has 0 aliphatic rings. The molecule has 1 nitrogen and oxygen atoms in total. The highest BCUT2D eigenvalue weighted by Crippen LogP contribution is 2.14. The summed E-state index contributed by atoms with van der Waals surface area (Å²) in [4.78, 5) is 4.32. The summed E-state index contributed by atoms with van der Waals surface area (Å²) >= 11 is 0. The van der Waals surface area contributed by atoms with Crippen LogP contribution in [0.3, 0.4) is 0 Å². The first-order valence-electron chi connectivity index (χ1n) is 4.57. The van der Waals surface area contributed by atoms with Crippen molar-refractivity contribution in [3.8, 4) is 0 Å². The van der Waals surface area contributed by atoms with Gasteiger partial charge >= 0.3 is 0 Å². The van der Waals surface area contributed by atoms with Crippen LogP contribution in [0.5, 0.6) is 0 Å². The topological polar surface area (TPSA) is 12.4 Å². The average molecular weight is 165 g/mol. The van der Waals surface area contributed by atoms with Crippen LogP contribution in [0.25, 0.3) is 0 Å². The fraction of sp³-hybridized carbons (Fsp3) is 0.545.